The van der Waals surface area contributed by atoms with Crippen molar-refractivity contribution in [3.05, 3.63) is 64.8 Å². The zero-order chi connectivity index (χ0) is 32.6. The standard InChI is InChI=1S/C30H31ClF3N7O4/c1-4-45-21-11-17(28(43)38-23-12-19(9-10-36-23)30(32,33)34)7-8-20(21)24-25-26(35)37-13-22(31)41(25)27(39-24)18-6-5-15(2)40(14-18)29(44)16(3)42/h7-13,15-16,18,42H,4-6,14H2,1-3H3,(H2,35,37)(H,36,38,43)/t15-,16+,18+/m0/s1. The highest BCUT2D eigenvalue weighted by Gasteiger charge is 2.35. The minimum atomic E-state index is -4.60. The number of aromatic nitrogens is 4. The van der Waals surface area contributed by atoms with Gasteiger partial charge in [-0.05, 0) is 63.9 Å². The second-order valence-corrected chi connectivity index (χ2v) is 11.2. The molecule has 0 spiro atoms. The van der Waals surface area contributed by atoms with E-state index in [0.717, 1.165) is 18.3 Å². The molecule has 3 atom stereocenters. The first-order valence-corrected chi connectivity index (χ1v) is 14.6. The zero-order valence-electron chi connectivity index (χ0n) is 24.6. The fourth-order valence-electron chi connectivity index (χ4n) is 5.46. The predicted octanol–water partition coefficient (Wildman–Crippen LogP) is 5.17. The molecule has 1 saturated heterocycles. The molecule has 1 aliphatic heterocycles. The molecule has 4 aromatic rings. The first-order chi connectivity index (χ1) is 21.3. The number of pyridine rings is 1. The second kappa shape index (κ2) is 12.5. The lowest BCUT2D eigenvalue weighted by Crippen LogP contribution is -2.48. The molecular weight excluding hydrogens is 615 g/mol. The number of ether oxygens (including phenoxy) is 1. The summed E-state index contributed by atoms with van der Waals surface area (Å²) in [5, 5.41) is 12.6. The molecule has 0 radical (unpaired) electrons. The van der Waals surface area contributed by atoms with Gasteiger partial charge in [0, 0.05) is 35.8 Å². The van der Waals surface area contributed by atoms with Gasteiger partial charge in [-0.3, -0.25) is 14.0 Å². The van der Waals surface area contributed by atoms with E-state index in [0.29, 0.717) is 42.0 Å². The Morgan fingerprint density at radius 3 is 2.67 bits per heavy atom. The van der Waals surface area contributed by atoms with Gasteiger partial charge in [0.05, 0.1) is 18.4 Å². The first kappa shape index (κ1) is 32.0. The van der Waals surface area contributed by atoms with Gasteiger partial charge in [0.2, 0.25) is 0 Å². The van der Waals surface area contributed by atoms with Crippen molar-refractivity contribution in [3.8, 4) is 17.0 Å². The van der Waals surface area contributed by atoms with Crippen molar-refractivity contribution in [2.24, 2.45) is 0 Å². The number of likely N-dealkylation sites (tertiary alicyclic amines) is 1. The molecule has 0 aliphatic carbocycles. The van der Waals surface area contributed by atoms with Gasteiger partial charge in [-0.15, -0.1) is 0 Å². The van der Waals surface area contributed by atoms with Crippen LogP contribution in [0.3, 0.4) is 0 Å². The van der Waals surface area contributed by atoms with Crippen LogP contribution in [-0.2, 0) is 11.0 Å². The number of nitrogens with zero attached hydrogens (tertiary/aromatic N) is 5. The van der Waals surface area contributed by atoms with Crippen LogP contribution in [-0.4, -0.2) is 66.5 Å². The number of nitrogen functional groups attached to an aromatic ring is 1. The maximum atomic E-state index is 13.1. The summed E-state index contributed by atoms with van der Waals surface area (Å²) in [6.07, 6.45) is -2.04. The Balaban J connectivity index is 1.55. The van der Waals surface area contributed by atoms with Crippen LogP contribution in [0.25, 0.3) is 16.8 Å². The number of alkyl halides is 3. The molecule has 0 saturated carbocycles. The fourth-order valence-corrected chi connectivity index (χ4v) is 5.68. The average Bonchev–Trinajstić information content (AvgIpc) is 3.40. The molecule has 45 heavy (non-hydrogen) atoms. The quantitative estimate of drug-likeness (QED) is 0.249. The Kier molecular flexibility index (Phi) is 8.90. The molecule has 3 aromatic heterocycles. The minimum Gasteiger partial charge on any atom is -0.493 e. The molecule has 0 bridgehead atoms. The third-order valence-corrected chi connectivity index (χ3v) is 7.95. The van der Waals surface area contributed by atoms with Gasteiger partial charge in [0.25, 0.3) is 11.8 Å². The maximum absolute atomic E-state index is 13.1. The van der Waals surface area contributed by atoms with Crippen molar-refractivity contribution < 1.29 is 32.6 Å². The highest BCUT2D eigenvalue weighted by Crippen LogP contribution is 2.40. The van der Waals surface area contributed by atoms with Gasteiger partial charge < -0.3 is 25.8 Å². The van der Waals surface area contributed by atoms with E-state index in [9.17, 15) is 27.9 Å². The monoisotopic (exact) mass is 645 g/mol. The van der Waals surface area contributed by atoms with Crippen molar-refractivity contribution in [2.75, 3.05) is 24.2 Å². The van der Waals surface area contributed by atoms with Crippen LogP contribution in [0, 0.1) is 0 Å². The van der Waals surface area contributed by atoms with E-state index in [-0.39, 0.29) is 52.6 Å². The Hall–Kier alpha value is -4.43. The Morgan fingerprint density at radius 2 is 1.98 bits per heavy atom. The summed E-state index contributed by atoms with van der Waals surface area (Å²) >= 11 is 6.64. The average molecular weight is 646 g/mol. The number of aliphatic hydroxyl groups is 1. The number of hydrogen-bond donors (Lipinski definition) is 3. The number of carbonyl (C=O) groups excluding carboxylic acids is 2. The lowest BCUT2D eigenvalue weighted by molar-refractivity contribution is -0.143. The number of piperidine rings is 1. The molecule has 0 unspecified atom stereocenters. The topological polar surface area (TPSA) is 148 Å². The number of anilines is 2. The smallest absolute Gasteiger partial charge is 0.416 e. The number of carbonyl (C=O) groups is 2. The molecule has 11 nitrogen and oxygen atoms in total. The van der Waals surface area contributed by atoms with Crippen molar-refractivity contribution in [1.29, 1.82) is 0 Å². The molecule has 15 heteroatoms. The van der Waals surface area contributed by atoms with Gasteiger partial charge in [-0.2, -0.15) is 13.2 Å². The van der Waals surface area contributed by atoms with Crippen LogP contribution in [0.2, 0.25) is 5.15 Å². The molecule has 1 aliphatic rings. The number of nitrogens with two attached hydrogens (primary N) is 1. The molecule has 5 rings (SSSR count). The van der Waals surface area contributed by atoms with Crippen LogP contribution >= 0.6 is 11.6 Å². The van der Waals surface area contributed by atoms with E-state index in [1.807, 2.05) is 6.92 Å². The third-order valence-electron chi connectivity index (χ3n) is 7.69. The largest absolute Gasteiger partial charge is 0.493 e. The number of aliphatic hydroxyl groups excluding tert-OH is 1. The number of benzene rings is 1. The van der Waals surface area contributed by atoms with Crippen LogP contribution < -0.4 is 15.8 Å². The van der Waals surface area contributed by atoms with Crippen molar-refractivity contribution in [3.63, 3.8) is 0 Å². The number of halogens is 4. The van der Waals surface area contributed by atoms with Crippen molar-refractivity contribution in [1.82, 2.24) is 24.3 Å². The van der Waals surface area contributed by atoms with Gasteiger partial charge in [0.15, 0.2) is 0 Å². The van der Waals surface area contributed by atoms with E-state index in [2.05, 4.69) is 15.3 Å². The Bertz CT molecular complexity index is 1760. The van der Waals surface area contributed by atoms with Gasteiger partial charge in [-0.25, -0.2) is 15.0 Å². The summed E-state index contributed by atoms with van der Waals surface area (Å²) in [7, 11) is 0. The highest BCUT2D eigenvalue weighted by molar-refractivity contribution is 6.30. The molecule has 1 fully saturated rings. The summed E-state index contributed by atoms with van der Waals surface area (Å²) in [6, 6.07) is 6.00. The third kappa shape index (κ3) is 6.38. The van der Waals surface area contributed by atoms with Crippen LogP contribution in [0.4, 0.5) is 24.8 Å². The van der Waals surface area contributed by atoms with E-state index in [1.54, 1.807) is 22.3 Å². The summed E-state index contributed by atoms with van der Waals surface area (Å²) < 4.78 is 47.0. The number of amides is 2. The van der Waals surface area contributed by atoms with E-state index in [4.69, 9.17) is 27.1 Å². The summed E-state index contributed by atoms with van der Waals surface area (Å²) in [5.74, 6) is -0.675. The summed E-state index contributed by atoms with van der Waals surface area (Å²) in [6.45, 7) is 5.62. The molecular formula is C30H31ClF3N7O4. The highest BCUT2D eigenvalue weighted by atomic mass is 35.5. The van der Waals surface area contributed by atoms with Crippen LogP contribution in [0.1, 0.15) is 61.3 Å². The van der Waals surface area contributed by atoms with E-state index >= 15 is 0 Å². The van der Waals surface area contributed by atoms with Crippen molar-refractivity contribution in [2.45, 2.75) is 57.9 Å². The number of fused-ring (bicyclic) bond motifs is 1. The number of hydrogen-bond acceptors (Lipinski definition) is 8. The molecule has 4 N–H and O–H groups in total. The summed E-state index contributed by atoms with van der Waals surface area (Å²) in [5.41, 5.74) is 6.74. The fraction of sp³-hybridized carbons (Fsp3) is 0.367. The normalized spacial score (nSPS) is 17.7. The molecule has 2 amide bonds. The minimum absolute atomic E-state index is 0.0781. The first-order valence-electron chi connectivity index (χ1n) is 14.2. The lowest BCUT2D eigenvalue weighted by atomic mass is 9.92. The summed E-state index contributed by atoms with van der Waals surface area (Å²) in [4.78, 5) is 40.4. The van der Waals surface area contributed by atoms with Gasteiger partial charge >= 0.3 is 6.18 Å². The SMILES string of the molecule is CCOc1cc(C(=O)Nc2cc(C(F)(F)F)ccn2)ccc1-c1nc([C@@H]2CC[C@H](C)N(C(=O)[C@@H](C)O)C2)n2c(Cl)cnc(N)c12. The Morgan fingerprint density at radius 1 is 1.22 bits per heavy atom. The van der Waals surface area contributed by atoms with Crippen LogP contribution in [0.5, 0.6) is 5.75 Å². The van der Waals surface area contributed by atoms with E-state index < -0.39 is 23.8 Å². The zero-order valence-corrected chi connectivity index (χ0v) is 25.4. The van der Waals surface area contributed by atoms with Gasteiger partial charge in [-0.1, -0.05) is 11.6 Å². The Labute approximate surface area is 261 Å². The van der Waals surface area contributed by atoms with Crippen molar-refractivity contribution >= 4 is 40.6 Å². The van der Waals surface area contributed by atoms with E-state index in [1.165, 1.54) is 25.3 Å². The molecule has 1 aromatic carbocycles. The molecule has 4 heterocycles. The number of nitrogens with one attached hydrogen (secondary N) is 1. The number of imidazole rings is 1. The maximum Gasteiger partial charge on any atom is 0.416 e. The van der Waals surface area contributed by atoms with Gasteiger partial charge in [0.1, 0.15) is 45.7 Å². The molecule has 238 valence electrons. The van der Waals surface area contributed by atoms with Crippen LogP contribution in [0.15, 0.2) is 42.7 Å². The predicted molar refractivity (Wildman–Crippen MR) is 161 cm³/mol. The number of rotatable bonds is 7. The lowest BCUT2D eigenvalue weighted by Gasteiger charge is -2.38. The second-order valence-electron chi connectivity index (χ2n) is 10.8.